The van der Waals surface area contributed by atoms with E-state index in [4.69, 9.17) is 9.84 Å². The van der Waals surface area contributed by atoms with Gasteiger partial charge in [-0.05, 0) is 18.9 Å². The first kappa shape index (κ1) is 13.4. The molecular formula is C10H21NO3. The summed E-state index contributed by atoms with van der Waals surface area (Å²) in [6, 6.07) is 0. The predicted octanol–water partition coefficient (Wildman–Crippen LogP) is 0.969. The summed E-state index contributed by atoms with van der Waals surface area (Å²) in [5.41, 5.74) is 0. The van der Waals surface area contributed by atoms with Crippen molar-refractivity contribution in [2.75, 3.05) is 26.8 Å². The molecule has 0 aliphatic heterocycles. The fourth-order valence-electron chi connectivity index (χ4n) is 1.21. The molecule has 4 nitrogen and oxygen atoms in total. The smallest absolute Gasteiger partial charge is 0.308 e. The summed E-state index contributed by atoms with van der Waals surface area (Å²) >= 11 is 0. The van der Waals surface area contributed by atoms with Crippen LogP contribution in [-0.2, 0) is 9.53 Å². The first-order valence-electron chi connectivity index (χ1n) is 5.02. The molecule has 1 atom stereocenters. The molecule has 0 saturated heterocycles. The van der Waals surface area contributed by atoms with Gasteiger partial charge in [-0.25, -0.2) is 0 Å². The molecule has 14 heavy (non-hydrogen) atoms. The van der Waals surface area contributed by atoms with Gasteiger partial charge in [0.15, 0.2) is 0 Å². The van der Waals surface area contributed by atoms with Crippen LogP contribution in [0.15, 0.2) is 0 Å². The Balaban J connectivity index is 3.57. The Morgan fingerprint density at radius 3 is 2.57 bits per heavy atom. The van der Waals surface area contributed by atoms with Gasteiger partial charge in [-0.15, -0.1) is 0 Å². The van der Waals surface area contributed by atoms with E-state index in [0.717, 1.165) is 13.0 Å². The monoisotopic (exact) mass is 203 g/mol. The van der Waals surface area contributed by atoms with Crippen molar-refractivity contribution in [2.24, 2.45) is 11.8 Å². The number of carboxylic acid groups (broad SMARTS) is 1. The molecule has 0 fully saturated rings. The molecule has 0 aliphatic rings. The lowest BCUT2D eigenvalue weighted by Gasteiger charge is -2.16. The van der Waals surface area contributed by atoms with Crippen molar-refractivity contribution in [1.82, 2.24) is 5.32 Å². The lowest BCUT2D eigenvalue weighted by Crippen LogP contribution is -2.32. The zero-order valence-electron chi connectivity index (χ0n) is 9.25. The van der Waals surface area contributed by atoms with Crippen LogP contribution in [0.25, 0.3) is 0 Å². The number of aliphatic carboxylic acids is 1. The summed E-state index contributed by atoms with van der Waals surface area (Å²) < 4.78 is 4.89. The third kappa shape index (κ3) is 5.94. The van der Waals surface area contributed by atoms with Gasteiger partial charge in [-0.3, -0.25) is 4.79 Å². The first-order valence-corrected chi connectivity index (χ1v) is 5.02. The summed E-state index contributed by atoms with van der Waals surface area (Å²) in [7, 11) is 1.66. The Kier molecular flexibility index (Phi) is 7.42. The lowest BCUT2D eigenvalue weighted by molar-refractivity contribution is -0.143. The van der Waals surface area contributed by atoms with Crippen molar-refractivity contribution < 1.29 is 14.6 Å². The van der Waals surface area contributed by atoms with Gasteiger partial charge in [0.2, 0.25) is 0 Å². The maximum Gasteiger partial charge on any atom is 0.308 e. The largest absolute Gasteiger partial charge is 0.481 e. The second-order valence-corrected chi connectivity index (χ2v) is 3.74. The summed E-state index contributed by atoms with van der Waals surface area (Å²) in [6.45, 7) is 5.92. The van der Waals surface area contributed by atoms with Gasteiger partial charge < -0.3 is 15.2 Å². The first-order chi connectivity index (χ1) is 6.59. The minimum atomic E-state index is -0.723. The lowest BCUT2D eigenvalue weighted by atomic mass is 9.96. The van der Waals surface area contributed by atoms with Crippen LogP contribution in [-0.4, -0.2) is 37.9 Å². The minimum Gasteiger partial charge on any atom is -0.481 e. The van der Waals surface area contributed by atoms with E-state index in [1.807, 2.05) is 13.8 Å². The van der Waals surface area contributed by atoms with Crippen LogP contribution in [0.4, 0.5) is 0 Å². The van der Waals surface area contributed by atoms with Crippen LogP contribution in [0, 0.1) is 11.8 Å². The van der Waals surface area contributed by atoms with Crippen LogP contribution in [0.3, 0.4) is 0 Å². The van der Waals surface area contributed by atoms with E-state index >= 15 is 0 Å². The molecule has 0 amide bonds. The molecule has 0 spiro atoms. The Morgan fingerprint density at radius 1 is 1.50 bits per heavy atom. The Bertz CT molecular complexity index is 159. The quantitative estimate of drug-likeness (QED) is 0.577. The number of rotatable bonds is 8. The maximum absolute atomic E-state index is 10.8. The van der Waals surface area contributed by atoms with Gasteiger partial charge in [0.25, 0.3) is 0 Å². The second-order valence-electron chi connectivity index (χ2n) is 3.74. The summed E-state index contributed by atoms with van der Waals surface area (Å²) in [4.78, 5) is 10.8. The van der Waals surface area contributed by atoms with E-state index in [-0.39, 0.29) is 11.8 Å². The van der Waals surface area contributed by atoms with E-state index in [2.05, 4.69) is 5.32 Å². The van der Waals surface area contributed by atoms with Crippen molar-refractivity contribution in [1.29, 1.82) is 0 Å². The molecule has 0 rings (SSSR count). The topological polar surface area (TPSA) is 58.6 Å². The highest BCUT2D eigenvalue weighted by molar-refractivity contribution is 5.70. The van der Waals surface area contributed by atoms with Crippen molar-refractivity contribution in [3.8, 4) is 0 Å². The molecule has 0 heterocycles. The number of hydrogen-bond acceptors (Lipinski definition) is 3. The third-order valence-corrected chi connectivity index (χ3v) is 2.19. The van der Waals surface area contributed by atoms with E-state index in [1.165, 1.54) is 0 Å². The fraction of sp³-hybridized carbons (Fsp3) is 0.900. The van der Waals surface area contributed by atoms with Crippen molar-refractivity contribution in [2.45, 2.75) is 20.3 Å². The number of methoxy groups -OCH3 is 1. The summed E-state index contributed by atoms with van der Waals surface area (Å²) in [5.74, 6) is -0.848. The molecule has 0 bridgehead atoms. The zero-order valence-corrected chi connectivity index (χ0v) is 9.25. The van der Waals surface area contributed by atoms with Gasteiger partial charge in [-0.1, -0.05) is 13.8 Å². The molecule has 0 aromatic heterocycles. The SMILES string of the molecule is COCCCNCC(C(=O)O)C(C)C. The summed E-state index contributed by atoms with van der Waals surface area (Å²) in [5, 5.41) is 12.0. The molecule has 0 aromatic rings. The fourth-order valence-corrected chi connectivity index (χ4v) is 1.21. The molecular weight excluding hydrogens is 182 g/mol. The molecule has 2 N–H and O–H groups in total. The highest BCUT2D eigenvalue weighted by atomic mass is 16.5. The molecule has 0 aliphatic carbocycles. The molecule has 0 aromatic carbocycles. The standard InChI is InChI=1S/C10H21NO3/c1-8(2)9(10(12)13)7-11-5-4-6-14-3/h8-9,11H,4-7H2,1-3H3,(H,12,13). The zero-order chi connectivity index (χ0) is 11.0. The molecule has 0 saturated carbocycles. The number of carboxylic acids is 1. The van der Waals surface area contributed by atoms with E-state index in [1.54, 1.807) is 7.11 Å². The molecule has 4 heteroatoms. The predicted molar refractivity (Wildman–Crippen MR) is 55.3 cm³/mol. The number of hydrogen-bond donors (Lipinski definition) is 2. The van der Waals surface area contributed by atoms with Crippen molar-refractivity contribution in [3.05, 3.63) is 0 Å². The van der Waals surface area contributed by atoms with Crippen molar-refractivity contribution in [3.63, 3.8) is 0 Å². The van der Waals surface area contributed by atoms with Crippen molar-refractivity contribution >= 4 is 5.97 Å². The van der Waals surface area contributed by atoms with Crippen LogP contribution >= 0.6 is 0 Å². The molecule has 1 unspecified atom stereocenters. The Labute approximate surface area is 85.6 Å². The average Bonchev–Trinajstić information content (AvgIpc) is 2.09. The highest BCUT2D eigenvalue weighted by Crippen LogP contribution is 2.09. The normalized spacial score (nSPS) is 13.1. The van der Waals surface area contributed by atoms with Gasteiger partial charge in [-0.2, -0.15) is 0 Å². The Hall–Kier alpha value is -0.610. The molecule has 0 radical (unpaired) electrons. The second kappa shape index (κ2) is 7.76. The van der Waals surface area contributed by atoms with E-state index in [9.17, 15) is 4.79 Å². The minimum absolute atomic E-state index is 0.169. The van der Waals surface area contributed by atoms with Gasteiger partial charge >= 0.3 is 5.97 Å². The van der Waals surface area contributed by atoms with E-state index < -0.39 is 5.97 Å². The van der Waals surface area contributed by atoms with Gasteiger partial charge in [0.05, 0.1) is 5.92 Å². The number of ether oxygens (including phenoxy) is 1. The van der Waals surface area contributed by atoms with Gasteiger partial charge in [0.1, 0.15) is 0 Å². The molecule has 84 valence electrons. The maximum atomic E-state index is 10.8. The number of nitrogens with one attached hydrogen (secondary N) is 1. The highest BCUT2D eigenvalue weighted by Gasteiger charge is 2.20. The van der Waals surface area contributed by atoms with Gasteiger partial charge in [0, 0.05) is 20.3 Å². The summed E-state index contributed by atoms with van der Waals surface area (Å²) in [6.07, 6.45) is 0.918. The Morgan fingerprint density at radius 2 is 2.14 bits per heavy atom. The average molecular weight is 203 g/mol. The van der Waals surface area contributed by atoms with Crippen LogP contribution in [0.5, 0.6) is 0 Å². The van der Waals surface area contributed by atoms with Crippen LogP contribution in [0.1, 0.15) is 20.3 Å². The van der Waals surface area contributed by atoms with E-state index in [0.29, 0.717) is 13.2 Å². The van der Waals surface area contributed by atoms with Crippen LogP contribution in [0.2, 0.25) is 0 Å². The third-order valence-electron chi connectivity index (χ3n) is 2.19. The number of carbonyl (C=O) groups is 1. The van der Waals surface area contributed by atoms with Crippen LogP contribution < -0.4 is 5.32 Å².